The molecule has 2 N–H and O–H groups in total. The molecule has 0 aromatic carbocycles. The third-order valence-corrected chi connectivity index (χ3v) is 2.38. The van der Waals surface area contributed by atoms with Crippen LogP contribution in [0.3, 0.4) is 0 Å². The summed E-state index contributed by atoms with van der Waals surface area (Å²) in [7, 11) is 0. The van der Waals surface area contributed by atoms with Crippen molar-refractivity contribution >= 4 is 5.91 Å². The minimum Gasteiger partial charge on any atom is -0.396 e. The molecule has 0 aliphatic rings. The van der Waals surface area contributed by atoms with E-state index in [1.54, 1.807) is 6.20 Å². The van der Waals surface area contributed by atoms with E-state index in [1.165, 1.54) is 0 Å². The maximum absolute atomic E-state index is 11.3. The van der Waals surface area contributed by atoms with Crippen molar-refractivity contribution in [1.29, 1.82) is 0 Å². The number of carbonyl (C=O) groups is 1. The highest BCUT2D eigenvalue weighted by Gasteiger charge is 2.04. The Morgan fingerprint density at radius 2 is 2.38 bits per heavy atom. The van der Waals surface area contributed by atoms with Gasteiger partial charge in [0.05, 0.1) is 12.2 Å². The average molecular weight is 222 g/mol. The number of aliphatic hydroxyl groups is 1. The Balaban J connectivity index is 2.44. The summed E-state index contributed by atoms with van der Waals surface area (Å²) in [6.45, 7) is 2.58. The van der Waals surface area contributed by atoms with Crippen molar-refractivity contribution in [2.24, 2.45) is 0 Å². The molecule has 88 valence electrons. The summed E-state index contributed by atoms with van der Waals surface area (Å²) in [5, 5.41) is 11.4. The molecule has 1 amide bonds. The first-order valence-corrected chi connectivity index (χ1v) is 5.58. The third kappa shape index (κ3) is 3.98. The lowest BCUT2D eigenvalue weighted by atomic mass is 10.1. The van der Waals surface area contributed by atoms with Crippen LogP contribution in [0.4, 0.5) is 0 Å². The van der Waals surface area contributed by atoms with Crippen molar-refractivity contribution in [2.75, 3.05) is 6.61 Å². The van der Waals surface area contributed by atoms with Gasteiger partial charge in [-0.05, 0) is 24.5 Å². The Morgan fingerprint density at radius 3 is 3.06 bits per heavy atom. The Hall–Kier alpha value is -1.42. The number of nitrogens with zero attached hydrogens (tertiary/aromatic N) is 1. The van der Waals surface area contributed by atoms with E-state index >= 15 is 0 Å². The molecule has 1 rings (SSSR count). The molecule has 0 fully saturated rings. The number of carbonyl (C=O) groups excluding carboxylic acids is 1. The maximum atomic E-state index is 11.3. The summed E-state index contributed by atoms with van der Waals surface area (Å²) in [6, 6.07) is 3.91. The van der Waals surface area contributed by atoms with Crippen LogP contribution in [0.15, 0.2) is 18.3 Å². The zero-order valence-corrected chi connectivity index (χ0v) is 9.57. The highest BCUT2D eigenvalue weighted by molar-refractivity contribution is 5.75. The van der Waals surface area contributed by atoms with Crippen LogP contribution in [-0.4, -0.2) is 22.6 Å². The highest BCUT2D eigenvalue weighted by Crippen LogP contribution is 2.05. The molecule has 0 radical (unpaired) electrons. The molecule has 0 aliphatic carbocycles. The van der Waals surface area contributed by atoms with Crippen molar-refractivity contribution in [1.82, 2.24) is 10.3 Å². The molecule has 4 nitrogen and oxygen atoms in total. The quantitative estimate of drug-likeness (QED) is 0.755. The zero-order valence-electron chi connectivity index (χ0n) is 9.57. The number of hydrogen-bond acceptors (Lipinski definition) is 3. The summed E-state index contributed by atoms with van der Waals surface area (Å²) in [4.78, 5) is 15.6. The zero-order chi connectivity index (χ0) is 11.8. The molecule has 0 saturated carbocycles. The van der Waals surface area contributed by atoms with E-state index in [0.717, 1.165) is 17.7 Å². The van der Waals surface area contributed by atoms with Crippen LogP contribution in [0.5, 0.6) is 0 Å². The second kappa shape index (κ2) is 6.95. The van der Waals surface area contributed by atoms with E-state index in [2.05, 4.69) is 17.2 Å². The fraction of sp³-hybridized carbons (Fsp3) is 0.500. The molecule has 0 aliphatic heterocycles. The standard InChI is InChI=1S/C12H18N2O2/c1-2-10-5-3-7-13-11(10)9-14-12(16)6-4-8-15/h3,5,7,15H,2,4,6,8-9H2,1H3,(H,14,16). The van der Waals surface area contributed by atoms with Crippen LogP contribution in [0.2, 0.25) is 0 Å². The van der Waals surface area contributed by atoms with Crippen molar-refractivity contribution in [3.05, 3.63) is 29.6 Å². The van der Waals surface area contributed by atoms with E-state index in [1.807, 2.05) is 12.1 Å². The van der Waals surface area contributed by atoms with Crippen LogP contribution in [-0.2, 0) is 17.8 Å². The van der Waals surface area contributed by atoms with Gasteiger partial charge in [0, 0.05) is 19.2 Å². The normalized spacial score (nSPS) is 10.1. The average Bonchev–Trinajstić information content (AvgIpc) is 2.34. The molecule has 1 aromatic heterocycles. The molecule has 0 bridgehead atoms. The summed E-state index contributed by atoms with van der Waals surface area (Å²) >= 11 is 0. The Morgan fingerprint density at radius 1 is 1.56 bits per heavy atom. The minimum atomic E-state index is -0.0400. The molecule has 0 atom stereocenters. The predicted molar refractivity (Wildman–Crippen MR) is 61.8 cm³/mol. The molecule has 0 unspecified atom stereocenters. The van der Waals surface area contributed by atoms with Gasteiger partial charge in [-0.1, -0.05) is 13.0 Å². The predicted octanol–water partition coefficient (Wildman–Crippen LogP) is 1.03. The van der Waals surface area contributed by atoms with Crippen LogP contribution < -0.4 is 5.32 Å². The first-order chi connectivity index (χ1) is 7.77. The Labute approximate surface area is 95.7 Å². The van der Waals surface area contributed by atoms with E-state index in [0.29, 0.717) is 19.4 Å². The SMILES string of the molecule is CCc1cccnc1CNC(=O)CCCO. The van der Waals surface area contributed by atoms with E-state index in [-0.39, 0.29) is 12.5 Å². The van der Waals surface area contributed by atoms with Gasteiger partial charge < -0.3 is 10.4 Å². The van der Waals surface area contributed by atoms with Crippen molar-refractivity contribution in [3.8, 4) is 0 Å². The van der Waals surface area contributed by atoms with Crippen molar-refractivity contribution in [3.63, 3.8) is 0 Å². The lowest BCUT2D eigenvalue weighted by Gasteiger charge is -2.07. The van der Waals surface area contributed by atoms with E-state index in [4.69, 9.17) is 5.11 Å². The fourth-order valence-electron chi connectivity index (χ4n) is 1.46. The van der Waals surface area contributed by atoms with Crippen molar-refractivity contribution in [2.45, 2.75) is 32.7 Å². The molecule has 0 saturated heterocycles. The molecule has 16 heavy (non-hydrogen) atoms. The molecular formula is C12H18N2O2. The molecule has 0 spiro atoms. The Bertz CT molecular complexity index is 340. The summed E-state index contributed by atoms with van der Waals surface area (Å²) in [5.74, 6) is -0.0400. The topological polar surface area (TPSA) is 62.2 Å². The summed E-state index contributed by atoms with van der Waals surface area (Å²) < 4.78 is 0. The molecular weight excluding hydrogens is 204 g/mol. The summed E-state index contributed by atoms with van der Waals surface area (Å²) in [6.07, 6.45) is 3.52. The number of amides is 1. The van der Waals surface area contributed by atoms with Gasteiger partial charge in [0.2, 0.25) is 5.91 Å². The van der Waals surface area contributed by atoms with Crippen LogP contribution in [0.25, 0.3) is 0 Å². The lowest BCUT2D eigenvalue weighted by molar-refractivity contribution is -0.121. The van der Waals surface area contributed by atoms with E-state index < -0.39 is 0 Å². The smallest absolute Gasteiger partial charge is 0.220 e. The van der Waals surface area contributed by atoms with Gasteiger partial charge in [0.15, 0.2) is 0 Å². The van der Waals surface area contributed by atoms with Gasteiger partial charge in [0.1, 0.15) is 0 Å². The van der Waals surface area contributed by atoms with Crippen LogP contribution in [0.1, 0.15) is 31.0 Å². The Kier molecular flexibility index (Phi) is 5.50. The number of pyridine rings is 1. The lowest BCUT2D eigenvalue weighted by Crippen LogP contribution is -2.23. The van der Waals surface area contributed by atoms with Gasteiger partial charge in [-0.3, -0.25) is 9.78 Å². The molecule has 1 heterocycles. The van der Waals surface area contributed by atoms with Crippen molar-refractivity contribution < 1.29 is 9.90 Å². The fourth-order valence-corrected chi connectivity index (χ4v) is 1.46. The number of nitrogens with one attached hydrogen (secondary N) is 1. The number of aliphatic hydroxyl groups excluding tert-OH is 1. The third-order valence-electron chi connectivity index (χ3n) is 2.38. The molecule has 1 aromatic rings. The van der Waals surface area contributed by atoms with Gasteiger partial charge in [-0.15, -0.1) is 0 Å². The minimum absolute atomic E-state index is 0.0400. The first-order valence-electron chi connectivity index (χ1n) is 5.58. The maximum Gasteiger partial charge on any atom is 0.220 e. The number of rotatable bonds is 6. The number of hydrogen-bond donors (Lipinski definition) is 2. The van der Waals surface area contributed by atoms with Gasteiger partial charge in [0.25, 0.3) is 0 Å². The largest absolute Gasteiger partial charge is 0.396 e. The highest BCUT2D eigenvalue weighted by atomic mass is 16.3. The monoisotopic (exact) mass is 222 g/mol. The van der Waals surface area contributed by atoms with Gasteiger partial charge >= 0.3 is 0 Å². The van der Waals surface area contributed by atoms with Crippen LogP contribution in [0, 0.1) is 0 Å². The second-order valence-electron chi connectivity index (χ2n) is 3.57. The second-order valence-corrected chi connectivity index (χ2v) is 3.57. The van der Waals surface area contributed by atoms with Gasteiger partial charge in [-0.25, -0.2) is 0 Å². The first kappa shape index (κ1) is 12.6. The number of aromatic nitrogens is 1. The van der Waals surface area contributed by atoms with Crippen LogP contribution >= 0.6 is 0 Å². The van der Waals surface area contributed by atoms with E-state index in [9.17, 15) is 4.79 Å². The van der Waals surface area contributed by atoms with Gasteiger partial charge in [-0.2, -0.15) is 0 Å². The molecule has 4 heteroatoms. The number of aryl methyl sites for hydroxylation is 1. The summed E-state index contributed by atoms with van der Waals surface area (Å²) in [5.41, 5.74) is 2.08.